The van der Waals surface area contributed by atoms with E-state index < -0.39 is 21.5 Å². The first kappa shape index (κ1) is 33.1. The summed E-state index contributed by atoms with van der Waals surface area (Å²) in [5, 5.41) is 0. The standard InChI is InChI=1S/C25H40O7S.Na/c1-6-9-15-31-23(26)21(18-25(5,8-3)24(27)32-16-10-7-2)17-19(4)20-11-13-22(14-12-20)33(28,29)30;/h11-14,19,21H,6-10,15-18H2,1-5H3,(H,28,29,30);/q;+1/p-1. The molecule has 9 heteroatoms. The molecular formula is C25H39NaO7S. The Hall–Kier alpha value is -0.930. The van der Waals surface area contributed by atoms with Crippen LogP contribution in [0.3, 0.4) is 0 Å². The van der Waals surface area contributed by atoms with Gasteiger partial charge in [0, 0.05) is 0 Å². The second-order valence-corrected chi connectivity index (χ2v) is 10.4. The van der Waals surface area contributed by atoms with Gasteiger partial charge in [-0.3, -0.25) is 9.59 Å². The van der Waals surface area contributed by atoms with E-state index in [1.54, 1.807) is 12.1 Å². The Morgan fingerprint density at radius 3 is 2.00 bits per heavy atom. The molecular weight excluding hydrogens is 467 g/mol. The molecule has 0 aliphatic carbocycles. The number of esters is 2. The molecule has 0 saturated heterocycles. The zero-order valence-electron chi connectivity index (χ0n) is 21.6. The molecule has 0 radical (unpaired) electrons. The van der Waals surface area contributed by atoms with Gasteiger partial charge in [0.1, 0.15) is 10.1 Å². The molecule has 0 aliphatic rings. The maximum atomic E-state index is 13.0. The fourth-order valence-electron chi connectivity index (χ4n) is 3.62. The molecule has 0 aromatic heterocycles. The molecule has 1 rings (SSSR count). The normalized spacial score (nSPS) is 14.9. The van der Waals surface area contributed by atoms with Crippen molar-refractivity contribution in [1.82, 2.24) is 0 Å². The molecule has 0 saturated carbocycles. The Labute approximate surface area is 227 Å². The van der Waals surface area contributed by atoms with Crippen LogP contribution < -0.4 is 29.6 Å². The number of carbonyl (C=O) groups is 2. The summed E-state index contributed by atoms with van der Waals surface area (Å²) in [5.41, 5.74) is -0.0138. The molecule has 3 atom stereocenters. The number of rotatable bonds is 15. The predicted molar refractivity (Wildman–Crippen MR) is 126 cm³/mol. The summed E-state index contributed by atoms with van der Waals surface area (Å²) in [5.74, 6) is -1.28. The van der Waals surface area contributed by atoms with Crippen LogP contribution in [-0.2, 0) is 29.2 Å². The van der Waals surface area contributed by atoms with E-state index in [2.05, 4.69) is 0 Å². The number of carbonyl (C=O) groups excluding carboxylic acids is 2. The maximum Gasteiger partial charge on any atom is 1.00 e. The number of unbranched alkanes of at least 4 members (excludes halogenated alkanes) is 2. The summed E-state index contributed by atoms with van der Waals surface area (Å²) in [4.78, 5) is 25.5. The van der Waals surface area contributed by atoms with Crippen molar-refractivity contribution in [2.24, 2.45) is 11.3 Å². The van der Waals surface area contributed by atoms with Crippen molar-refractivity contribution in [3.8, 4) is 0 Å². The minimum atomic E-state index is -4.52. The fraction of sp³-hybridized carbons (Fsp3) is 0.680. The Bertz CT molecular complexity index is 855. The monoisotopic (exact) mass is 506 g/mol. The van der Waals surface area contributed by atoms with Gasteiger partial charge in [0.2, 0.25) is 0 Å². The Morgan fingerprint density at radius 1 is 1.00 bits per heavy atom. The molecule has 0 aliphatic heterocycles. The van der Waals surface area contributed by atoms with Crippen LogP contribution in [0.25, 0.3) is 0 Å². The van der Waals surface area contributed by atoms with E-state index in [1.165, 1.54) is 12.1 Å². The molecule has 0 heterocycles. The van der Waals surface area contributed by atoms with E-state index in [9.17, 15) is 22.6 Å². The van der Waals surface area contributed by atoms with E-state index in [4.69, 9.17) is 9.47 Å². The summed E-state index contributed by atoms with van der Waals surface area (Å²) in [6.07, 6.45) is 4.64. The Balaban J connectivity index is 0.0000109. The Morgan fingerprint density at radius 2 is 1.53 bits per heavy atom. The average Bonchev–Trinajstić information content (AvgIpc) is 2.78. The van der Waals surface area contributed by atoms with Crippen LogP contribution in [0.2, 0.25) is 0 Å². The molecule has 0 amide bonds. The Kier molecular flexibility index (Phi) is 15.5. The van der Waals surface area contributed by atoms with Gasteiger partial charge >= 0.3 is 41.5 Å². The van der Waals surface area contributed by atoms with Crippen LogP contribution in [0.15, 0.2) is 29.2 Å². The minimum absolute atomic E-state index is 0. The topological polar surface area (TPSA) is 110 Å². The first-order chi connectivity index (χ1) is 15.5. The van der Waals surface area contributed by atoms with E-state index in [1.807, 2.05) is 34.6 Å². The van der Waals surface area contributed by atoms with E-state index in [0.29, 0.717) is 32.5 Å². The minimum Gasteiger partial charge on any atom is -0.744 e. The van der Waals surface area contributed by atoms with E-state index in [0.717, 1.165) is 31.2 Å². The van der Waals surface area contributed by atoms with E-state index >= 15 is 0 Å². The van der Waals surface area contributed by atoms with Crippen molar-refractivity contribution in [2.45, 2.75) is 90.4 Å². The summed E-state index contributed by atoms with van der Waals surface area (Å²) >= 11 is 0. The summed E-state index contributed by atoms with van der Waals surface area (Å²) in [6.45, 7) is 10.4. The summed E-state index contributed by atoms with van der Waals surface area (Å²) in [7, 11) is -4.52. The van der Waals surface area contributed by atoms with Gasteiger partial charge in [0.25, 0.3) is 0 Å². The average molecular weight is 507 g/mol. The largest absolute Gasteiger partial charge is 1.00 e. The third kappa shape index (κ3) is 10.8. The molecule has 1 aromatic carbocycles. The van der Waals surface area contributed by atoms with Crippen LogP contribution in [0.5, 0.6) is 0 Å². The number of hydrogen-bond donors (Lipinski definition) is 0. The second-order valence-electron chi connectivity index (χ2n) is 8.99. The van der Waals surface area contributed by atoms with Crippen molar-refractivity contribution < 1.29 is 61.6 Å². The van der Waals surface area contributed by atoms with Gasteiger partial charge in [-0.05, 0) is 62.6 Å². The van der Waals surface area contributed by atoms with Crippen molar-refractivity contribution in [3.63, 3.8) is 0 Å². The molecule has 0 fully saturated rings. The second kappa shape index (κ2) is 15.9. The molecule has 1 aromatic rings. The van der Waals surface area contributed by atoms with Crippen LogP contribution >= 0.6 is 0 Å². The molecule has 188 valence electrons. The summed E-state index contributed by atoms with van der Waals surface area (Å²) < 4.78 is 44.6. The van der Waals surface area contributed by atoms with Crippen LogP contribution in [0.4, 0.5) is 0 Å². The molecule has 0 N–H and O–H groups in total. The number of benzene rings is 1. The smallest absolute Gasteiger partial charge is 0.744 e. The molecule has 34 heavy (non-hydrogen) atoms. The number of hydrogen-bond acceptors (Lipinski definition) is 7. The molecule has 0 spiro atoms. The zero-order chi connectivity index (χ0) is 25.1. The maximum absolute atomic E-state index is 13.0. The SMILES string of the molecule is CCCCOC(=O)C(CC(C)c1ccc(S(=O)(=O)[O-])cc1)CC(C)(CC)C(=O)OCCCC.[Na+]. The quantitative estimate of drug-likeness (QED) is 0.155. The fourth-order valence-corrected chi connectivity index (χ4v) is 4.09. The first-order valence-electron chi connectivity index (χ1n) is 11.9. The van der Waals surface area contributed by atoms with Crippen molar-refractivity contribution in [3.05, 3.63) is 29.8 Å². The zero-order valence-corrected chi connectivity index (χ0v) is 24.4. The van der Waals surface area contributed by atoms with Gasteiger partial charge in [-0.1, -0.05) is 52.7 Å². The molecule has 3 unspecified atom stereocenters. The third-order valence-corrected chi connectivity index (χ3v) is 7.00. The van der Waals surface area contributed by atoms with E-state index in [-0.39, 0.29) is 52.3 Å². The third-order valence-electron chi connectivity index (χ3n) is 6.15. The van der Waals surface area contributed by atoms with Gasteiger partial charge in [-0.25, -0.2) is 8.42 Å². The van der Waals surface area contributed by atoms with Gasteiger partial charge < -0.3 is 14.0 Å². The molecule has 0 bridgehead atoms. The van der Waals surface area contributed by atoms with Crippen molar-refractivity contribution in [2.75, 3.05) is 13.2 Å². The van der Waals surface area contributed by atoms with Crippen LogP contribution in [-0.4, -0.2) is 38.1 Å². The first-order valence-corrected chi connectivity index (χ1v) is 13.3. The molecule has 7 nitrogen and oxygen atoms in total. The van der Waals surface area contributed by atoms with Crippen molar-refractivity contribution >= 4 is 22.1 Å². The number of ether oxygens (including phenoxy) is 2. The van der Waals surface area contributed by atoms with Gasteiger partial charge in [-0.2, -0.15) is 0 Å². The summed E-state index contributed by atoms with van der Waals surface area (Å²) in [6, 6.07) is 5.74. The van der Waals surface area contributed by atoms with Gasteiger partial charge in [0.05, 0.1) is 29.4 Å². The van der Waals surface area contributed by atoms with Crippen LogP contribution in [0, 0.1) is 11.3 Å². The van der Waals surface area contributed by atoms with Crippen LogP contribution in [0.1, 0.15) is 91.0 Å². The van der Waals surface area contributed by atoms with Crippen molar-refractivity contribution in [1.29, 1.82) is 0 Å². The van der Waals surface area contributed by atoms with Gasteiger partial charge in [0.15, 0.2) is 0 Å². The predicted octanol–water partition coefficient (Wildman–Crippen LogP) is 2.20. The van der Waals surface area contributed by atoms with Gasteiger partial charge in [-0.15, -0.1) is 0 Å².